The number of aromatic nitrogens is 3. The maximum absolute atomic E-state index is 12.3. The smallest absolute Gasteiger partial charge is 0.234 e. The minimum atomic E-state index is -0.0430. The van der Waals surface area contributed by atoms with Gasteiger partial charge in [0.1, 0.15) is 0 Å². The van der Waals surface area contributed by atoms with Gasteiger partial charge in [-0.3, -0.25) is 4.79 Å². The van der Waals surface area contributed by atoms with Gasteiger partial charge in [0.15, 0.2) is 11.0 Å². The standard InChI is InChI=1S/C20H24N4OS2/c1-4-7-17-11-15(12-26-17)19-22-23-20(24(19)5-2)27-13-18(25)21-16-9-6-8-14(3)10-16/h6,8-12H,4-5,7,13H2,1-3H3,(H,21,25). The second kappa shape index (κ2) is 9.19. The molecule has 2 aromatic heterocycles. The highest BCUT2D eigenvalue weighted by molar-refractivity contribution is 7.99. The molecule has 0 bridgehead atoms. The number of benzene rings is 1. The zero-order valence-electron chi connectivity index (χ0n) is 15.9. The summed E-state index contributed by atoms with van der Waals surface area (Å²) in [6.45, 7) is 7.03. The summed E-state index contributed by atoms with van der Waals surface area (Å²) in [5.41, 5.74) is 3.04. The van der Waals surface area contributed by atoms with Crippen LogP contribution in [0.15, 0.2) is 40.9 Å². The van der Waals surface area contributed by atoms with E-state index in [2.05, 4.69) is 45.4 Å². The van der Waals surface area contributed by atoms with E-state index < -0.39 is 0 Å². The van der Waals surface area contributed by atoms with Crippen molar-refractivity contribution >= 4 is 34.7 Å². The number of thioether (sulfide) groups is 1. The van der Waals surface area contributed by atoms with Crippen molar-refractivity contribution in [3.8, 4) is 11.4 Å². The molecule has 0 radical (unpaired) electrons. The third kappa shape index (κ3) is 4.99. The van der Waals surface area contributed by atoms with Gasteiger partial charge in [-0.2, -0.15) is 0 Å². The van der Waals surface area contributed by atoms with Gasteiger partial charge in [-0.25, -0.2) is 0 Å². The fraction of sp³-hybridized carbons (Fsp3) is 0.350. The molecule has 0 aliphatic rings. The summed E-state index contributed by atoms with van der Waals surface area (Å²) in [5.74, 6) is 1.13. The average Bonchev–Trinajstić information content (AvgIpc) is 3.26. The molecule has 0 fully saturated rings. The van der Waals surface area contributed by atoms with Crippen LogP contribution in [0.4, 0.5) is 5.69 Å². The Morgan fingerprint density at radius 2 is 2.11 bits per heavy atom. The maximum Gasteiger partial charge on any atom is 0.234 e. The lowest BCUT2D eigenvalue weighted by Gasteiger charge is -2.07. The maximum atomic E-state index is 12.3. The molecule has 1 amide bonds. The molecule has 2 heterocycles. The van der Waals surface area contributed by atoms with Gasteiger partial charge in [-0.1, -0.05) is 37.2 Å². The van der Waals surface area contributed by atoms with Gasteiger partial charge in [0.25, 0.3) is 0 Å². The van der Waals surface area contributed by atoms with Crippen LogP contribution in [0.1, 0.15) is 30.7 Å². The van der Waals surface area contributed by atoms with Gasteiger partial charge in [-0.15, -0.1) is 21.5 Å². The Kier molecular flexibility index (Phi) is 6.68. The summed E-state index contributed by atoms with van der Waals surface area (Å²) in [6.07, 6.45) is 2.23. The SMILES string of the molecule is CCCc1cc(-c2nnc(SCC(=O)Nc3cccc(C)c3)n2CC)cs1. The molecule has 3 rings (SSSR count). The molecule has 7 heteroatoms. The number of aryl methyl sites for hydroxylation is 2. The van der Waals surface area contributed by atoms with Crippen LogP contribution >= 0.6 is 23.1 Å². The minimum absolute atomic E-state index is 0.0430. The normalized spacial score (nSPS) is 10.9. The van der Waals surface area contributed by atoms with Gasteiger partial charge in [0.05, 0.1) is 5.75 Å². The van der Waals surface area contributed by atoms with E-state index in [4.69, 9.17) is 0 Å². The van der Waals surface area contributed by atoms with Crippen LogP contribution in [0, 0.1) is 6.92 Å². The summed E-state index contributed by atoms with van der Waals surface area (Å²) in [7, 11) is 0. The van der Waals surface area contributed by atoms with Gasteiger partial charge >= 0.3 is 0 Å². The van der Waals surface area contributed by atoms with Crippen LogP contribution in [-0.2, 0) is 17.8 Å². The molecule has 0 aliphatic heterocycles. The Balaban J connectivity index is 1.66. The molecule has 1 aromatic carbocycles. The van der Waals surface area contributed by atoms with Crippen LogP contribution in [-0.4, -0.2) is 26.4 Å². The van der Waals surface area contributed by atoms with Crippen molar-refractivity contribution in [3.05, 3.63) is 46.2 Å². The molecule has 0 aliphatic carbocycles. The Morgan fingerprint density at radius 1 is 1.26 bits per heavy atom. The third-order valence-electron chi connectivity index (χ3n) is 4.08. The van der Waals surface area contributed by atoms with E-state index in [0.717, 1.165) is 47.2 Å². The highest BCUT2D eigenvalue weighted by Crippen LogP contribution is 2.28. The summed E-state index contributed by atoms with van der Waals surface area (Å²) < 4.78 is 2.07. The second-order valence-corrected chi connectivity index (χ2v) is 8.25. The van der Waals surface area contributed by atoms with Crippen LogP contribution in [0.5, 0.6) is 0 Å². The number of hydrogen-bond donors (Lipinski definition) is 1. The van der Waals surface area contributed by atoms with Gasteiger partial charge in [-0.05, 0) is 44.0 Å². The first-order chi connectivity index (χ1) is 13.1. The van der Waals surface area contributed by atoms with Crippen molar-refractivity contribution < 1.29 is 4.79 Å². The molecule has 142 valence electrons. The molecule has 0 saturated heterocycles. The fourth-order valence-electron chi connectivity index (χ4n) is 2.82. The zero-order valence-corrected chi connectivity index (χ0v) is 17.5. The molecular formula is C20H24N4OS2. The first-order valence-electron chi connectivity index (χ1n) is 9.11. The van der Waals surface area contributed by atoms with E-state index >= 15 is 0 Å². The monoisotopic (exact) mass is 400 g/mol. The number of hydrogen-bond acceptors (Lipinski definition) is 5. The Hall–Kier alpha value is -2.12. The van der Waals surface area contributed by atoms with Crippen molar-refractivity contribution in [3.63, 3.8) is 0 Å². The van der Waals surface area contributed by atoms with E-state index in [0.29, 0.717) is 5.75 Å². The van der Waals surface area contributed by atoms with E-state index in [1.165, 1.54) is 16.6 Å². The second-order valence-electron chi connectivity index (χ2n) is 6.31. The van der Waals surface area contributed by atoms with E-state index in [1.807, 2.05) is 31.2 Å². The third-order valence-corrected chi connectivity index (χ3v) is 6.04. The largest absolute Gasteiger partial charge is 0.325 e. The summed E-state index contributed by atoms with van der Waals surface area (Å²) in [5, 5.41) is 14.5. The predicted molar refractivity (Wildman–Crippen MR) is 114 cm³/mol. The predicted octanol–water partition coefficient (Wildman–Crippen LogP) is 5.02. The molecule has 5 nitrogen and oxygen atoms in total. The summed E-state index contributed by atoms with van der Waals surface area (Å²) in [4.78, 5) is 13.6. The Morgan fingerprint density at radius 3 is 2.85 bits per heavy atom. The van der Waals surface area contributed by atoms with E-state index in [1.54, 1.807) is 11.3 Å². The number of carbonyl (C=O) groups is 1. The van der Waals surface area contributed by atoms with Crippen molar-refractivity contribution in [2.24, 2.45) is 0 Å². The number of rotatable bonds is 8. The first-order valence-corrected chi connectivity index (χ1v) is 11.0. The molecule has 1 N–H and O–H groups in total. The van der Waals surface area contributed by atoms with Crippen molar-refractivity contribution in [1.29, 1.82) is 0 Å². The Labute approximate surface area is 168 Å². The highest BCUT2D eigenvalue weighted by Gasteiger charge is 2.16. The van der Waals surface area contributed by atoms with Gasteiger partial charge in [0, 0.05) is 28.1 Å². The Bertz CT molecular complexity index is 916. The summed E-state index contributed by atoms with van der Waals surface area (Å²) >= 11 is 3.18. The van der Waals surface area contributed by atoms with Crippen LogP contribution in [0.25, 0.3) is 11.4 Å². The van der Waals surface area contributed by atoms with Crippen LogP contribution < -0.4 is 5.32 Å². The quantitative estimate of drug-likeness (QED) is 0.540. The number of nitrogens with one attached hydrogen (secondary N) is 1. The van der Waals surface area contributed by atoms with Crippen molar-refractivity contribution in [2.75, 3.05) is 11.1 Å². The lowest BCUT2D eigenvalue weighted by Crippen LogP contribution is -2.14. The average molecular weight is 401 g/mol. The molecule has 27 heavy (non-hydrogen) atoms. The van der Waals surface area contributed by atoms with E-state index in [9.17, 15) is 4.79 Å². The topological polar surface area (TPSA) is 59.8 Å². The van der Waals surface area contributed by atoms with Gasteiger partial charge in [0.2, 0.25) is 5.91 Å². The number of anilines is 1. The lowest BCUT2D eigenvalue weighted by atomic mass is 10.2. The van der Waals surface area contributed by atoms with Crippen molar-refractivity contribution in [2.45, 2.75) is 45.3 Å². The molecular weight excluding hydrogens is 376 g/mol. The fourth-order valence-corrected chi connectivity index (χ4v) is 4.59. The summed E-state index contributed by atoms with van der Waals surface area (Å²) in [6, 6.07) is 9.99. The number of thiophene rings is 1. The lowest BCUT2D eigenvalue weighted by molar-refractivity contribution is -0.113. The number of carbonyl (C=O) groups excluding carboxylic acids is 1. The van der Waals surface area contributed by atoms with Crippen LogP contribution in [0.2, 0.25) is 0 Å². The number of nitrogens with zero attached hydrogens (tertiary/aromatic N) is 3. The first kappa shape index (κ1) is 19.6. The minimum Gasteiger partial charge on any atom is -0.325 e. The highest BCUT2D eigenvalue weighted by atomic mass is 32.2. The molecule has 0 unspecified atom stereocenters. The zero-order chi connectivity index (χ0) is 19.2. The number of amides is 1. The van der Waals surface area contributed by atoms with E-state index in [-0.39, 0.29) is 5.91 Å². The molecule has 0 saturated carbocycles. The van der Waals surface area contributed by atoms with Crippen molar-refractivity contribution in [1.82, 2.24) is 14.8 Å². The molecule has 0 atom stereocenters. The van der Waals surface area contributed by atoms with Gasteiger partial charge < -0.3 is 9.88 Å². The molecule has 0 spiro atoms. The van der Waals surface area contributed by atoms with Crippen LogP contribution in [0.3, 0.4) is 0 Å². The molecule has 3 aromatic rings.